The van der Waals surface area contributed by atoms with Crippen molar-refractivity contribution in [2.24, 2.45) is 0 Å². The molecule has 1 aliphatic heterocycles. The minimum absolute atomic E-state index is 0. The Labute approximate surface area is 95.9 Å². The number of halogens is 1. The van der Waals surface area contributed by atoms with Crippen LogP contribution in [-0.2, 0) is 0 Å². The maximum atomic E-state index is 10.5. The van der Waals surface area contributed by atoms with Crippen molar-refractivity contribution < 1.29 is 4.79 Å². The Morgan fingerprint density at radius 3 is 2.27 bits per heavy atom. The smallest absolute Gasteiger partial charge is 0.150 e. The van der Waals surface area contributed by atoms with Crippen molar-refractivity contribution in [1.82, 2.24) is 5.32 Å². The third-order valence-electron chi connectivity index (χ3n) is 2.51. The van der Waals surface area contributed by atoms with Gasteiger partial charge in [-0.05, 0) is 24.3 Å². The van der Waals surface area contributed by atoms with Gasteiger partial charge in [-0.15, -0.1) is 12.4 Å². The molecule has 1 aromatic rings. The van der Waals surface area contributed by atoms with E-state index in [1.54, 1.807) is 0 Å². The van der Waals surface area contributed by atoms with Crippen molar-refractivity contribution >= 4 is 24.4 Å². The second-order valence-corrected chi connectivity index (χ2v) is 3.45. The van der Waals surface area contributed by atoms with Crippen LogP contribution < -0.4 is 10.2 Å². The van der Waals surface area contributed by atoms with Gasteiger partial charge in [-0.2, -0.15) is 0 Å². The maximum absolute atomic E-state index is 10.5. The lowest BCUT2D eigenvalue weighted by atomic mass is 10.2. The lowest BCUT2D eigenvalue weighted by molar-refractivity contribution is 0.112. The van der Waals surface area contributed by atoms with E-state index in [4.69, 9.17) is 0 Å². The maximum Gasteiger partial charge on any atom is 0.150 e. The Morgan fingerprint density at radius 1 is 1.13 bits per heavy atom. The second kappa shape index (κ2) is 5.73. The number of benzene rings is 1. The Morgan fingerprint density at radius 2 is 1.73 bits per heavy atom. The van der Waals surface area contributed by atoms with Crippen LogP contribution in [0.25, 0.3) is 0 Å². The summed E-state index contributed by atoms with van der Waals surface area (Å²) in [6.07, 6.45) is 0.877. The number of aldehydes is 1. The van der Waals surface area contributed by atoms with Gasteiger partial charge >= 0.3 is 0 Å². The van der Waals surface area contributed by atoms with Gasteiger partial charge in [0, 0.05) is 37.4 Å². The summed E-state index contributed by atoms with van der Waals surface area (Å²) < 4.78 is 0. The van der Waals surface area contributed by atoms with Crippen LogP contribution in [0.3, 0.4) is 0 Å². The van der Waals surface area contributed by atoms with Gasteiger partial charge in [0.2, 0.25) is 0 Å². The normalized spacial score (nSPS) is 15.6. The molecule has 1 aromatic carbocycles. The topological polar surface area (TPSA) is 32.3 Å². The van der Waals surface area contributed by atoms with Crippen LogP contribution in [0.5, 0.6) is 0 Å². The van der Waals surface area contributed by atoms with Gasteiger partial charge in [0.15, 0.2) is 0 Å². The van der Waals surface area contributed by atoms with Gasteiger partial charge in [-0.1, -0.05) is 0 Å². The summed E-state index contributed by atoms with van der Waals surface area (Å²) in [5, 5.41) is 3.31. The van der Waals surface area contributed by atoms with Gasteiger partial charge in [0.05, 0.1) is 0 Å². The molecule has 3 nitrogen and oxygen atoms in total. The molecule has 4 heteroatoms. The lowest BCUT2D eigenvalue weighted by Crippen LogP contribution is -2.43. The van der Waals surface area contributed by atoms with E-state index in [1.165, 1.54) is 5.69 Å². The molecule has 1 aliphatic rings. The zero-order chi connectivity index (χ0) is 9.80. The minimum atomic E-state index is 0. The molecule has 1 heterocycles. The largest absolute Gasteiger partial charge is 0.369 e. The molecule has 1 N–H and O–H groups in total. The van der Waals surface area contributed by atoms with Crippen molar-refractivity contribution in [1.29, 1.82) is 0 Å². The third kappa shape index (κ3) is 2.94. The summed E-state index contributed by atoms with van der Waals surface area (Å²) in [5.74, 6) is 0. The van der Waals surface area contributed by atoms with Crippen molar-refractivity contribution in [2.45, 2.75) is 0 Å². The molecule has 0 unspecified atom stereocenters. The van der Waals surface area contributed by atoms with Gasteiger partial charge in [-0.3, -0.25) is 4.79 Å². The predicted molar refractivity (Wildman–Crippen MR) is 64.2 cm³/mol. The fourth-order valence-electron chi connectivity index (χ4n) is 1.69. The first-order chi connectivity index (χ1) is 6.90. The molecule has 0 radical (unpaired) electrons. The number of rotatable bonds is 2. The highest BCUT2D eigenvalue weighted by molar-refractivity contribution is 5.85. The Hall–Kier alpha value is -1.06. The molecular weight excluding hydrogens is 212 g/mol. The first kappa shape index (κ1) is 12.0. The molecule has 0 spiro atoms. The highest BCUT2D eigenvalue weighted by Gasteiger charge is 2.09. The van der Waals surface area contributed by atoms with E-state index in [1.807, 2.05) is 24.3 Å². The molecule has 15 heavy (non-hydrogen) atoms. The molecule has 82 valence electrons. The first-order valence-corrected chi connectivity index (χ1v) is 4.91. The van der Waals surface area contributed by atoms with Gasteiger partial charge in [-0.25, -0.2) is 0 Å². The molecule has 0 aliphatic carbocycles. The molecule has 0 atom stereocenters. The number of hydrogen-bond acceptors (Lipinski definition) is 3. The first-order valence-electron chi connectivity index (χ1n) is 4.91. The number of nitrogens with zero attached hydrogens (tertiary/aromatic N) is 1. The zero-order valence-electron chi connectivity index (χ0n) is 8.48. The Bertz CT molecular complexity index is 307. The number of piperazine rings is 1. The van der Waals surface area contributed by atoms with Gasteiger partial charge in [0.25, 0.3) is 0 Å². The fraction of sp³-hybridized carbons (Fsp3) is 0.364. The highest BCUT2D eigenvalue weighted by Crippen LogP contribution is 2.14. The summed E-state index contributed by atoms with van der Waals surface area (Å²) in [6.45, 7) is 4.16. The molecular formula is C11H15ClN2O. The molecule has 1 saturated heterocycles. The number of anilines is 1. The third-order valence-corrected chi connectivity index (χ3v) is 2.51. The monoisotopic (exact) mass is 226 g/mol. The SMILES string of the molecule is Cl.O=Cc1ccc(N2CCNCC2)cc1. The van der Waals surface area contributed by atoms with E-state index in [-0.39, 0.29) is 12.4 Å². The van der Waals surface area contributed by atoms with Crippen LogP contribution in [0.15, 0.2) is 24.3 Å². The quantitative estimate of drug-likeness (QED) is 0.773. The van der Waals surface area contributed by atoms with Crippen LogP contribution in [0.1, 0.15) is 10.4 Å². The molecule has 0 aromatic heterocycles. The van der Waals surface area contributed by atoms with Crippen LogP contribution in [-0.4, -0.2) is 32.5 Å². The summed E-state index contributed by atoms with van der Waals surface area (Å²) in [7, 11) is 0. The van der Waals surface area contributed by atoms with E-state index < -0.39 is 0 Å². The molecule has 0 bridgehead atoms. The second-order valence-electron chi connectivity index (χ2n) is 3.45. The zero-order valence-corrected chi connectivity index (χ0v) is 9.30. The average Bonchev–Trinajstić information content (AvgIpc) is 2.30. The minimum Gasteiger partial charge on any atom is -0.369 e. The number of hydrogen-bond donors (Lipinski definition) is 1. The standard InChI is InChI=1S/C11H14N2O.ClH/c14-9-10-1-3-11(4-2-10)13-7-5-12-6-8-13;/h1-4,9,12H,5-8H2;1H. The van der Waals surface area contributed by atoms with E-state index >= 15 is 0 Å². The molecule has 0 saturated carbocycles. The van der Waals surface area contributed by atoms with Gasteiger partial charge in [0.1, 0.15) is 6.29 Å². The number of carbonyl (C=O) groups is 1. The Balaban J connectivity index is 0.00000112. The van der Waals surface area contributed by atoms with Gasteiger partial charge < -0.3 is 10.2 Å². The van der Waals surface area contributed by atoms with Crippen LogP contribution in [0.4, 0.5) is 5.69 Å². The van der Waals surface area contributed by atoms with E-state index in [9.17, 15) is 4.79 Å². The van der Waals surface area contributed by atoms with E-state index in [0.29, 0.717) is 0 Å². The van der Waals surface area contributed by atoms with Crippen molar-refractivity contribution in [3.05, 3.63) is 29.8 Å². The van der Waals surface area contributed by atoms with Crippen molar-refractivity contribution in [3.8, 4) is 0 Å². The molecule has 2 rings (SSSR count). The molecule has 1 fully saturated rings. The van der Waals surface area contributed by atoms with Crippen LogP contribution in [0, 0.1) is 0 Å². The highest BCUT2D eigenvalue weighted by atomic mass is 35.5. The number of nitrogens with one attached hydrogen (secondary N) is 1. The summed E-state index contributed by atoms with van der Waals surface area (Å²) in [4.78, 5) is 12.8. The molecule has 0 amide bonds. The van der Waals surface area contributed by atoms with Crippen molar-refractivity contribution in [3.63, 3.8) is 0 Å². The summed E-state index contributed by atoms with van der Waals surface area (Å²) >= 11 is 0. The number of carbonyl (C=O) groups excluding carboxylic acids is 1. The van der Waals surface area contributed by atoms with Crippen LogP contribution in [0.2, 0.25) is 0 Å². The summed E-state index contributed by atoms with van der Waals surface area (Å²) in [6, 6.07) is 7.75. The van der Waals surface area contributed by atoms with Crippen molar-refractivity contribution in [2.75, 3.05) is 31.1 Å². The van der Waals surface area contributed by atoms with E-state index in [0.717, 1.165) is 38.0 Å². The lowest BCUT2D eigenvalue weighted by Gasteiger charge is -2.29. The fourth-order valence-corrected chi connectivity index (χ4v) is 1.69. The predicted octanol–water partition coefficient (Wildman–Crippen LogP) is 1.33. The summed E-state index contributed by atoms with van der Waals surface area (Å²) in [5.41, 5.74) is 1.95. The van der Waals surface area contributed by atoms with E-state index in [2.05, 4.69) is 10.2 Å². The van der Waals surface area contributed by atoms with Crippen LogP contribution >= 0.6 is 12.4 Å². The average molecular weight is 227 g/mol. The Kier molecular flexibility index (Phi) is 4.59.